The first-order valence-electron chi connectivity index (χ1n) is 11.8. The number of amides is 1. The summed E-state index contributed by atoms with van der Waals surface area (Å²) < 4.78 is 24.5. The Hall–Kier alpha value is -2.99. The van der Waals surface area contributed by atoms with Gasteiger partial charge in [0.05, 0.1) is 21.7 Å². The van der Waals surface area contributed by atoms with Crippen molar-refractivity contribution in [1.82, 2.24) is 9.55 Å². The first-order chi connectivity index (χ1) is 17.6. The second-order valence-corrected chi connectivity index (χ2v) is 12.8. The van der Waals surface area contributed by atoms with Gasteiger partial charge in [-0.1, -0.05) is 17.8 Å². The van der Waals surface area contributed by atoms with E-state index in [0.717, 1.165) is 52.9 Å². The number of carbonyl (C=O) groups excluding carboxylic acids is 1. The van der Waals surface area contributed by atoms with Crippen LogP contribution in [0.2, 0.25) is 0 Å². The highest BCUT2D eigenvalue weighted by atomic mass is 32.2. The van der Waals surface area contributed by atoms with Gasteiger partial charge in [0.1, 0.15) is 4.83 Å². The lowest BCUT2D eigenvalue weighted by atomic mass is 9.97. The number of thioether (sulfide) groups is 1. The maximum atomic E-state index is 13.9. The Kier molecular flexibility index (Phi) is 6.97. The fourth-order valence-electron chi connectivity index (χ4n) is 4.65. The lowest BCUT2D eigenvalue weighted by Gasteiger charge is -2.15. The second kappa shape index (κ2) is 10.1. The highest BCUT2D eigenvalue weighted by molar-refractivity contribution is 7.99. The third-order valence-electron chi connectivity index (χ3n) is 6.22. The number of nitrogens with two attached hydrogens (primary N) is 1. The van der Waals surface area contributed by atoms with Crippen molar-refractivity contribution in [2.75, 3.05) is 11.1 Å². The van der Waals surface area contributed by atoms with Crippen LogP contribution in [0.5, 0.6) is 0 Å². The number of nitrogens with one attached hydrogen (secondary N) is 1. The minimum atomic E-state index is -3.81. The van der Waals surface area contributed by atoms with Crippen molar-refractivity contribution in [2.24, 2.45) is 5.14 Å². The summed E-state index contributed by atoms with van der Waals surface area (Å²) in [6.07, 6.45) is 4.04. The van der Waals surface area contributed by atoms with E-state index in [4.69, 9.17) is 10.1 Å². The minimum Gasteiger partial charge on any atom is -0.325 e. The molecule has 192 valence electrons. The van der Waals surface area contributed by atoms with Gasteiger partial charge in [-0.2, -0.15) is 0 Å². The van der Waals surface area contributed by atoms with Crippen LogP contribution in [0, 0.1) is 13.8 Å². The predicted molar refractivity (Wildman–Crippen MR) is 149 cm³/mol. The van der Waals surface area contributed by atoms with E-state index < -0.39 is 10.0 Å². The Morgan fingerprint density at radius 1 is 1.11 bits per heavy atom. The molecule has 5 rings (SSSR count). The third-order valence-corrected chi connectivity index (χ3v) is 9.28. The van der Waals surface area contributed by atoms with Crippen molar-refractivity contribution < 1.29 is 13.2 Å². The first-order valence-corrected chi connectivity index (χ1v) is 15.2. The molecule has 0 aliphatic heterocycles. The van der Waals surface area contributed by atoms with Gasteiger partial charge in [0.25, 0.3) is 5.56 Å². The van der Waals surface area contributed by atoms with E-state index in [1.807, 2.05) is 32.0 Å². The summed E-state index contributed by atoms with van der Waals surface area (Å²) in [6.45, 7) is 3.97. The second-order valence-electron chi connectivity index (χ2n) is 9.18. The molecule has 11 heteroatoms. The van der Waals surface area contributed by atoms with Crippen LogP contribution in [0.3, 0.4) is 0 Å². The molecule has 0 saturated carbocycles. The molecule has 1 aliphatic rings. The van der Waals surface area contributed by atoms with Crippen LogP contribution in [-0.2, 0) is 27.7 Å². The summed E-state index contributed by atoms with van der Waals surface area (Å²) >= 11 is 2.77. The van der Waals surface area contributed by atoms with Crippen LogP contribution in [0.25, 0.3) is 15.9 Å². The molecule has 0 unspecified atom stereocenters. The van der Waals surface area contributed by atoms with Gasteiger partial charge in [0.2, 0.25) is 15.9 Å². The Morgan fingerprint density at radius 2 is 1.78 bits per heavy atom. The third kappa shape index (κ3) is 5.35. The van der Waals surface area contributed by atoms with Crippen LogP contribution in [0.15, 0.2) is 57.3 Å². The minimum absolute atomic E-state index is 0.0186. The lowest BCUT2D eigenvalue weighted by molar-refractivity contribution is -0.113. The molecule has 0 saturated heterocycles. The molecule has 2 aromatic heterocycles. The number of benzene rings is 2. The zero-order valence-corrected chi connectivity index (χ0v) is 22.9. The number of hydrogen-bond acceptors (Lipinski definition) is 7. The molecule has 4 aromatic rings. The number of rotatable bonds is 6. The van der Waals surface area contributed by atoms with Crippen LogP contribution in [-0.4, -0.2) is 29.6 Å². The molecule has 8 nitrogen and oxygen atoms in total. The van der Waals surface area contributed by atoms with E-state index in [1.165, 1.54) is 40.9 Å². The molecular formula is C26H26N4O4S3. The van der Waals surface area contributed by atoms with Gasteiger partial charge < -0.3 is 5.32 Å². The molecule has 1 aliphatic carbocycles. The number of fused-ring (bicyclic) bond motifs is 3. The number of anilines is 1. The van der Waals surface area contributed by atoms with E-state index in [-0.39, 0.29) is 22.1 Å². The summed E-state index contributed by atoms with van der Waals surface area (Å²) in [6, 6.07) is 11.6. The summed E-state index contributed by atoms with van der Waals surface area (Å²) in [5.41, 5.74) is 4.26. The van der Waals surface area contributed by atoms with Gasteiger partial charge >= 0.3 is 0 Å². The van der Waals surface area contributed by atoms with Crippen LogP contribution in [0.1, 0.15) is 34.4 Å². The molecule has 3 N–H and O–H groups in total. The highest BCUT2D eigenvalue weighted by Gasteiger charge is 2.23. The van der Waals surface area contributed by atoms with Crippen LogP contribution >= 0.6 is 23.1 Å². The van der Waals surface area contributed by atoms with Crippen LogP contribution < -0.4 is 16.0 Å². The van der Waals surface area contributed by atoms with E-state index in [2.05, 4.69) is 5.32 Å². The number of hydrogen-bond donors (Lipinski definition) is 2. The van der Waals surface area contributed by atoms with Crippen molar-refractivity contribution >= 4 is 54.9 Å². The van der Waals surface area contributed by atoms with Crippen LogP contribution in [0.4, 0.5) is 5.69 Å². The Labute approximate surface area is 223 Å². The largest absolute Gasteiger partial charge is 0.325 e. The quantitative estimate of drug-likeness (QED) is 0.270. The first kappa shape index (κ1) is 25.7. The van der Waals surface area contributed by atoms with Crippen molar-refractivity contribution in [3.63, 3.8) is 0 Å². The van der Waals surface area contributed by atoms with E-state index in [1.54, 1.807) is 15.9 Å². The molecule has 0 atom stereocenters. The molecule has 0 bridgehead atoms. The number of primary sulfonamides is 1. The van der Waals surface area contributed by atoms with Crippen molar-refractivity contribution in [3.8, 4) is 5.69 Å². The highest BCUT2D eigenvalue weighted by Crippen LogP contribution is 2.35. The van der Waals surface area contributed by atoms with Crippen molar-refractivity contribution in [3.05, 3.63) is 74.4 Å². The Morgan fingerprint density at radius 3 is 2.46 bits per heavy atom. The van der Waals surface area contributed by atoms with Gasteiger partial charge in [0.15, 0.2) is 5.16 Å². The maximum absolute atomic E-state index is 13.9. The molecular weight excluding hydrogens is 529 g/mol. The number of nitrogens with zero attached hydrogens (tertiary/aromatic N) is 2. The Balaban J connectivity index is 1.48. The molecule has 2 aromatic carbocycles. The molecule has 0 fully saturated rings. The zero-order valence-electron chi connectivity index (χ0n) is 20.4. The molecule has 2 heterocycles. The van der Waals surface area contributed by atoms with Crippen molar-refractivity contribution in [1.29, 1.82) is 0 Å². The fourth-order valence-corrected chi connectivity index (χ4v) is 7.28. The summed E-state index contributed by atoms with van der Waals surface area (Å²) in [4.78, 5) is 33.5. The zero-order chi connectivity index (χ0) is 26.3. The van der Waals surface area contributed by atoms with Gasteiger partial charge in [-0.05, 0) is 92.6 Å². The number of sulfonamides is 1. The van der Waals surface area contributed by atoms with E-state index >= 15 is 0 Å². The smallest absolute Gasteiger partial charge is 0.267 e. The summed E-state index contributed by atoms with van der Waals surface area (Å²) in [5, 5.41) is 9.04. The van der Waals surface area contributed by atoms with Crippen molar-refractivity contribution in [2.45, 2.75) is 49.6 Å². The maximum Gasteiger partial charge on any atom is 0.267 e. The van der Waals surface area contributed by atoms with Gasteiger partial charge in [-0.15, -0.1) is 11.3 Å². The van der Waals surface area contributed by atoms with Gasteiger partial charge in [0, 0.05) is 10.6 Å². The van der Waals surface area contributed by atoms with E-state index in [9.17, 15) is 18.0 Å². The Bertz CT molecular complexity index is 1670. The molecule has 1 amide bonds. The van der Waals surface area contributed by atoms with Gasteiger partial charge in [-0.25, -0.2) is 18.5 Å². The molecule has 0 spiro atoms. The monoisotopic (exact) mass is 554 g/mol. The number of carbonyl (C=O) groups is 1. The average Bonchev–Trinajstić information content (AvgIpc) is 3.20. The SMILES string of the molecule is Cc1cc(C)cc(-n2c(SCC(=O)Nc3ccc(S(N)(=O)=O)cc3)nc3sc4c(c3c2=O)CCCC4)c1. The normalized spacial score (nSPS) is 13.5. The number of aryl methyl sites for hydroxylation is 4. The number of aromatic nitrogens is 2. The topological polar surface area (TPSA) is 124 Å². The summed E-state index contributed by atoms with van der Waals surface area (Å²) in [5.74, 6) is -0.287. The standard InChI is InChI=1S/C26H26N4O4S3/c1-15-11-16(2)13-18(12-15)30-25(32)23-20-5-3-4-6-21(20)36-24(23)29-26(30)35-14-22(31)28-17-7-9-19(10-8-17)37(27,33)34/h7-13H,3-6,14H2,1-2H3,(H,28,31)(H2,27,33,34). The molecule has 37 heavy (non-hydrogen) atoms. The molecule has 0 radical (unpaired) electrons. The van der Waals surface area contributed by atoms with Gasteiger partial charge in [-0.3, -0.25) is 14.2 Å². The lowest BCUT2D eigenvalue weighted by Crippen LogP contribution is -2.23. The fraction of sp³-hybridized carbons (Fsp3) is 0.269. The number of thiophene rings is 1. The average molecular weight is 555 g/mol. The van der Waals surface area contributed by atoms with E-state index in [0.29, 0.717) is 16.2 Å². The summed E-state index contributed by atoms with van der Waals surface area (Å²) in [7, 11) is -3.81. The predicted octanol–water partition coefficient (Wildman–Crippen LogP) is 4.32.